The van der Waals surface area contributed by atoms with Gasteiger partial charge in [-0.15, -0.1) is 0 Å². The summed E-state index contributed by atoms with van der Waals surface area (Å²) in [4.78, 5) is 4.84. The summed E-state index contributed by atoms with van der Waals surface area (Å²) in [5.41, 5.74) is 2.44. The van der Waals surface area contributed by atoms with E-state index in [2.05, 4.69) is 48.1 Å². The van der Waals surface area contributed by atoms with Crippen molar-refractivity contribution < 1.29 is 0 Å². The minimum atomic E-state index is 0.546. The van der Waals surface area contributed by atoms with Crippen molar-refractivity contribution in [1.29, 1.82) is 0 Å². The van der Waals surface area contributed by atoms with Gasteiger partial charge in [0, 0.05) is 12.5 Å². The molecule has 2 atom stereocenters. The number of rotatable bonds is 3. The van der Waals surface area contributed by atoms with Gasteiger partial charge in [0.2, 0.25) is 0 Å². The van der Waals surface area contributed by atoms with Crippen LogP contribution in [0.15, 0.2) is 24.3 Å². The van der Waals surface area contributed by atoms with Crippen LogP contribution in [0.3, 0.4) is 0 Å². The van der Waals surface area contributed by atoms with Gasteiger partial charge in [-0.2, -0.15) is 0 Å². The fraction of sp³-hybridized carbons (Fsp3) is 0.588. The number of benzene rings is 1. The maximum absolute atomic E-state index is 4.84. The molecular weight excluding hydrogens is 246 g/mol. The largest absolute Gasteiger partial charge is 0.323 e. The Hall–Kier alpha value is -1.35. The van der Waals surface area contributed by atoms with Gasteiger partial charge in [-0.25, -0.2) is 4.98 Å². The van der Waals surface area contributed by atoms with Gasteiger partial charge in [0.05, 0.1) is 17.1 Å². The first kappa shape index (κ1) is 13.6. The lowest BCUT2D eigenvalue weighted by molar-refractivity contribution is 0.347. The van der Waals surface area contributed by atoms with E-state index in [1.165, 1.54) is 43.4 Å². The highest BCUT2D eigenvalue weighted by molar-refractivity contribution is 5.76. The third-order valence-electron chi connectivity index (χ3n) is 4.67. The van der Waals surface area contributed by atoms with Crippen molar-refractivity contribution >= 4 is 11.0 Å². The summed E-state index contributed by atoms with van der Waals surface area (Å²) in [6.07, 6.45) is 7.58. The molecule has 3 rings (SSSR count). The van der Waals surface area contributed by atoms with Crippen LogP contribution in [0.25, 0.3) is 11.0 Å². The Labute approximate surface area is 121 Å². The standard InChI is InChI=1S/C17H25N3/c1-3-17-19-14-10-7-8-12-16(14)20(17)15-11-6-4-5-9-13(15)18-2/h7-8,10,12-13,15,18H,3-6,9,11H2,1-2H3. The van der Waals surface area contributed by atoms with Gasteiger partial charge in [0.1, 0.15) is 5.82 Å². The maximum Gasteiger partial charge on any atom is 0.109 e. The molecule has 2 aromatic rings. The zero-order valence-corrected chi connectivity index (χ0v) is 12.6. The Bertz CT molecular complexity index is 573. The number of fused-ring (bicyclic) bond motifs is 1. The van der Waals surface area contributed by atoms with Gasteiger partial charge in [-0.05, 0) is 32.0 Å². The summed E-state index contributed by atoms with van der Waals surface area (Å²) < 4.78 is 2.52. The Balaban J connectivity index is 2.10. The topological polar surface area (TPSA) is 29.9 Å². The molecule has 20 heavy (non-hydrogen) atoms. The molecule has 1 aromatic carbocycles. The predicted octanol–water partition coefficient (Wildman–Crippen LogP) is 3.69. The van der Waals surface area contributed by atoms with Crippen LogP contribution in [0.2, 0.25) is 0 Å². The molecule has 1 N–H and O–H groups in total. The molecule has 0 aliphatic heterocycles. The summed E-state index contributed by atoms with van der Waals surface area (Å²) in [6, 6.07) is 9.69. The molecule has 1 saturated carbocycles. The van der Waals surface area contributed by atoms with Gasteiger partial charge < -0.3 is 9.88 Å². The second-order valence-corrected chi connectivity index (χ2v) is 5.84. The third kappa shape index (κ3) is 2.35. The SMILES string of the molecule is CCc1nc2ccccc2n1C1CCCCCC1NC. The second-order valence-electron chi connectivity index (χ2n) is 5.84. The Morgan fingerprint density at radius 1 is 1.20 bits per heavy atom. The third-order valence-corrected chi connectivity index (χ3v) is 4.67. The molecule has 0 spiro atoms. The molecule has 3 heteroatoms. The molecule has 3 nitrogen and oxygen atoms in total. The molecule has 108 valence electrons. The lowest BCUT2D eigenvalue weighted by atomic mass is 10.0. The van der Waals surface area contributed by atoms with Crippen molar-refractivity contribution in [2.75, 3.05) is 7.05 Å². The normalized spacial score (nSPS) is 23.9. The monoisotopic (exact) mass is 271 g/mol. The lowest BCUT2D eigenvalue weighted by Crippen LogP contribution is -2.35. The maximum atomic E-state index is 4.84. The highest BCUT2D eigenvalue weighted by Crippen LogP contribution is 2.32. The average molecular weight is 271 g/mol. The second kappa shape index (κ2) is 5.96. The minimum absolute atomic E-state index is 0.546. The van der Waals surface area contributed by atoms with E-state index in [-0.39, 0.29) is 0 Å². The van der Waals surface area contributed by atoms with E-state index < -0.39 is 0 Å². The van der Waals surface area contributed by atoms with Crippen molar-refractivity contribution in [2.24, 2.45) is 0 Å². The molecule has 0 saturated heterocycles. The number of hydrogen-bond donors (Lipinski definition) is 1. The zero-order valence-electron chi connectivity index (χ0n) is 12.6. The van der Waals surface area contributed by atoms with E-state index in [1.54, 1.807) is 0 Å². The van der Waals surface area contributed by atoms with Gasteiger partial charge >= 0.3 is 0 Å². The van der Waals surface area contributed by atoms with E-state index in [9.17, 15) is 0 Å². The first-order valence-electron chi connectivity index (χ1n) is 7.98. The van der Waals surface area contributed by atoms with Crippen LogP contribution < -0.4 is 5.32 Å². The Morgan fingerprint density at radius 3 is 2.80 bits per heavy atom. The van der Waals surface area contributed by atoms with Crippen LogP contribution in [0.1, 0.15) is 50.9 Å². The van der Waals surface area contributed by atoms with Gasteiger partial charge in [0.25, 0.3) is 0 Å². The van der Waals surface area contributed by atoms with Crippen molar-refractivity contribution in [1.82, 2.24) is 14.9 Å². The summed E-state index contributed by atoms with van der Waals surface area (Å²) in [6.45, 7) is 2.21. The molecule has 0 radical (unpaired) electrons. The van der Waals surface area contributed by atoms with Crippen LogP contribution >= 0.6 is 0 Å². The Morgan fingerprint density at radius 2 is 2.00 bits per heavy atom. The van der Waals surface area contributed by atoms with E-state index in [4.69, 9.17) is 4.98 Å². The van der Waals surface area contributed by atoms with Crippen molar-refractivity contribution in [3.05, 3.63) is 30.1 Å². The number of likely N-dealkylation sites (N-methyl/N-ethyl adjacent to an activating group) is 1. The van der Waals surface area contributed by atoms with Crippen molar-refractivity contribution in [2.45, 2.75) is 57.5 Å². The molecule has 1 aliphatic carbocycles. The van der Waals surface area contributed by atoms with Gasteiger partial charge in [-0.1, -0.05) is 38.3 Å². The number of hydrogen-bond acceptors (Lipinski definition) is 2. The lowest BCUT2D eigenvalue weighted by Gasteiger charge is -2.28. The molecule has 1 heterocycles. The molecule has 1 aliphatic rings. The number of aromatic nitrogens is 2. The summed E-state index contributed by atoms with van der Waals surface area (Å²) >= 11 is 0. The number of para-hydroxylation sites is 2. The minimum Gasteiger partial charge on any atom is -0.323 e. The molecule has 0 amide bonds. The first-order valence-corrected chi connectivity index (χ1v) is 7.98. The first-order chi connectivity index (χ1) is 9.85. The van der Waals surface area contributed by atoms with E-state index in [0.717, 1.165) is 11.9 Å². The van der Waals surface area contributed by atoms with E-state index in [0.29, 0.717) is 12.1 Å². The number of imidazole rings is 1. The number of aryl methyl sites for hydroxylation is 1. The van der Waals surface area contributed by atoms with Crippen LogP contribution in [-0.2, 0) is 6.42 Å². The van der Waals surface area contributed by atoms with Gasteiger partial charge in [0.15, 0.2) is 0 Å². The van der Waals surface area contributed by atoms with Crippen molar-refractivity contribution in [3.63, 3.8) is 0 Å². The number of nitrogens with zero attached hydrogens (tertiary/aromatic N) is 2. The summed E-state index contributed by atoms with van der Waals surface area (Å²) in [5.74, 6) is 1.23. The smallest absolute Gasteiger partial charge is 0.109 e. The highest BCUT2D eigenvalue weighted by Gasteiger charge is 2.26. The van der Waals surface area contributed by atoms with E-state index in [1.807, 2.05) is 0 Å². The Kier molecular flexibility index (Phi) is 4.06. The summed E-state index contributed by atoms with van der Waals surface area (Å²) in [7, 11) is 2.10. The molecule has 1 fully saturated rings. The van der Waals surface area contributed by atoms with E-state index >= 15 is 0 Å². The molecule has 0 bridgehead atoms. The molecular formula is C17H25N3. The fourth-order valence-electron chi connectivity index (χ4n) is 3.65. The predicted molar refractivity (Wildman–Crippen MR) is 84.1 cm³/mol. The van der Waals surface area contributed by atoms with Crippen molar-refractivity contribution in [3.8, 4) is 0 Å². The van der Waals surface area contributed by atoms with Crippen LogP contribution in [0.5, 0.6) is 0 Å². The summed E-state index contributed by atoms with van der Waals surface area (Å²) in [5, 5.41) is 3.55. The molecule has 2 unspecified atom stereocenters. The van der Waals surface area contributed by atoms with Crippen LogP contribution in [-0.4, -0.2) is 22.6 Å². The fourth-order valence-corrected chi connectivity index (χ4v) is 3.65. The van der Waals surface area contributed by atoms with Gasteiger partial charge in [-0.3, -0.25) is 0 Å². The zero-order chi connectivity index (χ0) is 13.9. The number of nitrogens with one attached hydrogen (secondary N) is 1. The average Bonchev–Trinajstić information content (AvgIpc) is 2.69. The van der Waals surface area contributed by atoms with Crippen LogP contribution in [0.4, 0.5) is 0 Å². The van der Waals surface area contributed by atoms with Crippen LogP contribution in [0, 0.1) is 0 Å². The quantitative estimate of drug-likeness (QED) is 0.863. The highest BCUT2D eigenvalue weighted by atomic mass is 15.1. The molecule has 1 aromatic heterocycles.